The van der Waals surface area contributed by atoms with Gasteiger partial charge in [-0.05, 0) is 18.1 Å². The summed E-state index contributed by atoms with van der Waals surface area (Å²) in [7, 11) is 1.05. The molecule has 0 saturated heterocycles. The first-order valence-electron chi connectivity index (χ1n) is 4.79. The van der Waals surface area contributed by atoms with E-state index in [1.165, 1.54) is 6.07 Å². The summed E-state index contributed by atoms with van der Waals surface area (Å²) in [6, 6.07) is 6.32. The summed E-state index contributed by atoms with van der Waals surface area (Å²) in [5, 5.41) is 0. The number of halogens is 3. The van der Waals surface area contributed by atoms with Crippen LogP contribution >= 0.6 is 0 Å². The fourth-order valence-electron chi connectivity index (χ4n) is 1.40. The van der Waals surface area contributed by atoms with Crippen LogP contribution < -0.4 is 0 Å². The van der Waals surface area contributed by atoms with Gasteiger partial charge in [-0.25, -0.2) is 4.79 Å². The number of hydrogen-bond donors (Lipinski definition) is 0. The van der Waals surface area contributed by atoms with Gasteiger partial charge >= 0.3 is 12.1 Å². The zero-order valence-electron chi connectivity index (χ0n) is 9.34. The Morgan fingerprint density at radius 2 is 1.88 bits per heavy atom. The van der Waals surface area contributed by atoms with Gasteiger partial charge in [-0.15, -0.1) is 0 Å². The molecule has 92 valence electrons. The number of carbonyl (C=O) groups is 1. The Kier molecular flexibility index (Phi) is 3.93. The van der Waals surface area contributed by atoms with Gasteiger partial charge in [0.1, 0.15) is 0 Å². The third-order valence-electron chi connectivity index (χ3n) is 2.15. The lowest BCUT2D eigenvalue weighted by atomic mass is 10.0. The monoisotopic (exact) mass is 244 g/mol. The second-order valence-electron chi connectivity index (χ2n) is 3.41. The third kappa shape index (κ3) is 3.62. The minimum Gasteiger partial charge on any atom is -0.465 e. The van der Waals surface area contributed by atoms with Crippen LogP contribution in [0.4, 0.5) is 13.2 Å². The Morgan fingerprint density at radius 3 is 2.35 bits per heavy atom. The highest BCUT2D eigenvalue weighted by Gasteiger charge is 2.28. The lowest BCUT2D eigenvalue weighted by Crippen LogP contribution is -2.11. The van der Waals surface area contributed by atoms with Crippen molar-refractivity contribution < 1.29 is 22.7 Å². The zero-order chi connectivity index (χ0) is 13.1. The van der Waals surface area contributed by atoms with Gasteiger partial charge in [0.05, 0.1) is 12.7 Å². The molecule has 0 heterocycles. The van der Waals surface area contributed by atoms with Crippen molar-refractivity contribution in [3.8, 4) is 0 Å². The summed E-state index contributed by atoms with van der Waals surface area (Å²) in [6.07, 6.45) is -4.60. The van der Waals surface area contributed by atoms with Crippen LogP contribution in [0.25, 0.3) is 5.57 Å². The summed E-state index contributed by atoms with van der Waals surface area (Å²) in [5.41, 5.74) is 0.308. The molecular formula is C12H11F3O2. The minimum atomic E-state index is -4.56. The van der Waals surface area contributed by atoms with Crippen LogP contribution in [-0.2, 0) is 9.53 Å². The van der Waals surface area contributed by atoms with E-state index >= 15 is 0 Å². The van der Waals surface area contributed by atoms with Crippen LogP contribution in [0.15, 0.2) is 30.3 Å². The average Bonchev–Trinajstić information content (AvgIpc) is 2.25. The highest BCUT2D eigenvalue weighted by atomic mass is 19.4. The van der Waals surface area contributed by atoms with Crippen molar-refractivity contribution in [2.45, 2.75) is 13.1 Å². The van der Waals surface area contributed by atoms with E-state index in [4.69, 9.17) is 0 Å². The molecule has 0 N–H and O–H groups in total. The number of carbonyl (C=O) groups excluding carboxylic acids is 1. The van der Waals surface area contributed by atoms with Gasteiger partial charge < -0.3 is 4.74 Å². The minimum absolute atomic E-state index is 0.0405. The summed E-state index contributed by atoms with van der Waals surface area (Å²) in [4.78, 5) is 11.4. The second-order valence-corrected chi connectivity index (χ2v) is 3.41. The number of alkyl halides is 3. The fourth-order valence-corrected chi connectivity index (χ4v) is 1.40. The Labute approximate surface area is 96.7 Å². The topological polar surface area (TPSA) is 26.3 Å². The molecule has 2 nitrogen and oxygen atoms in total. The maximum absolute atomic E-state index is 12.3. The molecule has 0 aromatic heterocycles. The summed E-state index contributed by atoms with van der Waals surface area (Å²) >= 11 is 0. The number of methoxy groups -OCH3 is 1. The van der Waals surface area contributed by atoms with E-state index in [0.29, 0.717) is 5.56 Å². The molecule has 0 aliphatic carbocycles. The van der Waals surface area contributed by atoms with E-state index < -0.39 is 17.7 Å². The molecule has 1 rings (SSSR count). The molecule has 5 heteroatoms. The van der Waals surface area contributed by atoms with Crippen LogP contribution in [0.1, 0.15) is 11.1 Å². The molecule has 1 aromatic rings. The van der Waals surface area contributed by atoms with E-state index in [1.54, 1.807) is 25.1 Å². The van der Waals surface area contributed by atoms with Crippen LogP contribution in [0.3, 0.4) is 0 Å². The van der Waals surface area contributed by atoms with Gasteiger partial charge in [0.15, 0.2) is 0 Å². The van der Waals surface area contributed by atoms with Crippen LogP contribution in [0.2, 0.25) is 0 Å². The van der Waals surface area contributed by atoms with Crippen molar-refractivity contribution in [1.29, 1.82) is 0 Å². The second kappa shape index (κ2) is 5.03. The maximum Gasteiger partial charge on any atom is 0.410 e. The molecular weight excluding hydrogens is 233 g/mol. The van der Waals surface area contributed by atoms with Gasteiger partial charge in [-0.1, -0.05) is 24.3 Å². The lowest BCUT2D eigenvalue weighted by Gasteiger charge is -2.10. The summed E-state index contributed by atoms with van der Waals surface area (Å²) in [6.45, 7) is 1.63. The molecule has 0 fully saturated rings. The standard InChI is InChI=1S/C12H11F3O2/c1-8-5-3-4-6-9(8)10(11(16)17-2)7-12(13,14)15/h3-7H,1-2H3. The average molecular weight is 244 g/mol. The van der Waals surface area contributed by atoms with E-state index in [-0.39, 0.29) is 11.6 Å². The van der Waals surface area contributed by atoms with Gasteiger partial charge in [0, 0.05) is 6.08 Å². The zero-order valence-corrected chi connectivity index (χ0v) is 9.34. The predicted octanol–water partition coefficient (Wildman–Crippen LogP) is 3.11. The Morgan fingerprint density at radius 1 is 1.29 bits per heavy atom. The van der Waals surface area contributed by atoms with Gasteiger partial charge in [-0.2, -0.15) is 13.2 Å². The first kappa shape index (κ1) is 13.3. The fraction of sp³-hybridized carbons (Fsp3) is 0.250. The van der Waals surface area contributed by atoms with Gasteiger partial charge in [0.2, 0.25) is 0 Å². The van der Waals surface area contributed by atoms with Crippen LogP contribution in [0, 0.1) is 6.92 Å². The van der Waals surface area contributed by atoms with Gasteiger partial charge in [0.25, 0.3) is 0 Å². The van der Waals surface area contributed by atoms with Crippen molar-refractivity contribution >= 4 is 11.5 Å². The van der Waals surface area contributed by atoms with E-state index in [0.717, 1.165) is 7.11 Å². The number of benzene rings is 1. The van der Waals surface area contributed by atoms with Crippen molar-refractivity contribution in [2.24, 2.45) is 0 Å². The Bertz CT molecular complexity index is 447. The van der Waals surface area contributed by atoms with E-state index in [9.17, 15) is 18.0 Å². The Hall–Kier alpha value is -1.78. The number of allylic oxidation sites excluding steroid dienone is 1. The van der Waals surface area contributed by atoms with Crippen molar-refractivity contribution in [2.75, 3.05) is 7.11 Å². The molecule has 0 radical (unpaired) electrons. The van der Waals surface area contributed by atoms with Crippen LogP contribution in [0.5, 0.6) is 0 Å². The van der Waals surface area contributed by atoms with Crippen molar-refractivity contribution in [1.82, 2.24) is 0 Å². The Balaban J connectivity index is 3.31. The quantitative estimate of drug-likeness (QED) is 0.590. The largest absolute Gasteiger partial charge is 0.465 e. The molecule has 0 spiro atoms. The molecule has 0 amide bonds. The highest BCUT2D eigenvalue weighted by Crippen LogP contribution is 2.26. The molecule has 1 aromatic carbocycles. The molecule has 0 atom stereocenters. The van der Waals surface area contributed by atoms with Crippen molar-refractivity contribution in [3.05, 3.63) is 41.5 Å². The smallest absolute Gasteiger partial charge is 0.410 e. The third-order valence-corrected chi connectivity index (χ3v) is 2.15. The molecule has 0 saturated carbocycles. The number of hydrogen-bond acceptors (Lipinski definition) is 2. The van der Waals surface area contributed by atoms with Crippen molar-refractivity contribution in [3.63, 3.8) is 0 Å². The summed E-state index contributed by atoms with van der Waals surface area (Å²) in [5.74, 6) is -1.00. The molecule has 0 aliphatic heterocycles. The first-order valence-corrected chi connectivity index (χ1v) is 4.79. The lowest BCUT2D eigenvalue weighted by molar-refractivity contribution is -0.134. The van der Waals surface area contributed by atoms with E-state index in [1.807, 2.05) is 0 Å². The highest BCUT2D eigenvalue weighted by molar-refractivity contribution is 6.17. The number of aryl methyl sites for hydroxylation is 1. The SMILES string of the molecule is COC(=O)C(=CC(F)(F)F)c1ccccc1C. The number of rotatable bonds is 2. The number of ether oxygens (including phenoxy) is 1. The van der Waals surface area contributed by atoms with E-state index in [2.05, 4.69) is 4.74 Å². The predicted molar refractivity (Wildman–Crippen MR) is 57.2 cm³/mol. The van der Waals surface area contributed by atoms with Gasteiger partial charge in [-0.3, -0.25) is 0 Å². The molecule has 0 aliphatic rings. The molecule has 0 bridgehead atoms. The molecule has 0 unspecified atom stereocenters. The first-order chi connectivity index (χ1) is 7.85. The maximum atomic E-state index is 12.3. The summed E-state index contributed by atoms with van der Waals surface area (Å²) < 4.78 is 41.4. The van der Waals surface area contributed by atoms with Crippen LogP contribution in [-0.4, -0.2) is 19.3 Å². The number of esters is 1. The normalized spacial score (nSPS) is 12.4. The molecule has 17 heavy (non-hydrogen) atoms.